The maximum absolute atomic E-state index is 9.41. The largest absolute Gasteiger partial charge is 0.456 e. The molecule has 8 aromatic rings. The minimum Gasteiger partial charge on any atom is -0.456 e. The maximum atomic E-state index is 9.41. The van der Waals surface area contributed by atoms with E-state index in [4.69, 9.17) is 9.90 Å². The van der Waals surface area contributed by atoms with Gasteiger partial charge in [-0.05, 0) is 84.3 Å². The molecule has 0 saturated heterocycles. The second kappa shape index (κ2) is 8.44. The molecule has 0 unspecified atom stereocenters. The van der Waals surface area contributed by atoms with Gasteiger partial charge in [-0.3, -0.25) is 0 Å². The highest BCUT2D eigenvalue weighted by molar-refractivity contribution is 6.22. The number of benzene rings is 7. The lowest BCUT2D eigenvalue weighted by atomic mass is 9.77. The van der Waals surface area contributed by atoms with Crippen molar-refractivity contribution in [2.45, 2.75) is 19.3 Å². The Labute approximate surface area is 255 Å². The lowest BCUT2D eigenvalue weighted by Crippen LogP contribution is -2.16. The predicted molar refractivity (Wildman–Crippen MR) is 177 cm³/mol. The molecule has 9 rings (SSSR count). The molecule has 1 aliphatic carbocycles. The minimum atomic E-state index is -0.524. The van der Waals surface area contributed by atoms with Gasteiger partial charge in [-0.25, -0.2) is 0 Å². The van der Waals surface area contributed by atoms with Gasteiger partial charge in [-0.2, -0.15) is 0 Å². The van der Waals surface area contributed by atoms with E-state index in [-0.39, 0.29) is 45.7 Å². The molecule has 1 aliphatic rings. The first-order valence-electron chi connectivity index (χ1n) is 18.0. The number of fused-ring (bicyclic) bond motifs is 8. The number of hydrogen-bond donors (Lipinski definition) is 0. The van der Waals surface area contributed by atoms with Crippen molar-refractivity contribution in [2.75, 3.05) is 0 Å². The lowest BCUT2D eigenvalue weighted by molar-refractivity contribution is 0.662. The standard InChI is InChI=1S/C41H28O/c1-41(2)35-20-9-7-12-26(35)32-18-11-19-33(40(32)41)39-30-16-5-3-14-28(30)38(29-15-4-6-17-31(29)39)25-22-23-37-34(24-25)27-13-8-10-21-36(27)42-37/h3-24H,1-2H3/i3D,4D,5D,6D,14D,15D,16D,17D. The van der Waals surface area contributed by atoms with Crippen LogP contribution >= 0.6 is 0 Å². The summed E-state index contributed by atoms with van der Waals surface area (Å²) in [5.74, 6) is 0. The molecule has 0 spiro atoms. The van der Waals surface area contributed by atoms with E-state index in [1.54, 1.807) is 12.1 Å². The molecule has 0 aliphatic heterocycles. The average Bonchev–Trinajstić information content (AvgIpc) is 3.61. The topological polar surface area (TPSA) is 13.1 Å². The van der Waals surface area contributed by atoms with Gasteiger partial charge < -0.3 is 4.42 Å². The van der Waals surface area contributed by atoms with E-state index in [0.717, 1.165) is 33.0 Å². The van der Waals surface area contributed by atoms with E-state index in [1.165, 1.54) is 0 Å². The SMILES string of the molecule is [2H]c1c([2H])c([2H])c2c(-c3cccc4c3C(C)(C)c3ccccc3-4)c3c([2H])c([2H])c([2H])c([2H])c3c(-c3ccc4oc5ccccc5c4c3)c2c1[2H]. The molecule has 0 bridgehead atoms. The fourth-order valence-corrected chi connectivity index (χ4v) is 7.12. The van der Waals surface area contributed by atoms with Gasteiger partial charge in [0.1, 0.15) is 11.2 Å². The number of hydrogen-bond acceptors (Lipinski definition) is 1. The lowest BCUT2D eigenvalue weighted by Gasteiger charge is -2.26. The van der Waals surface area contributed by atoms with Crippen molar-refractivity contribution < 1.29 is 15.4 Å². The van der Waals surface area contributed by atoms with Crippen molar-refractivity contribution in [2.24, 2.45) is 0 Å². The van der Waals surface area contributed by atoms with Crippen molar-refractivity contribution in [1.29, 1.82) is 0 Å². The highest BCUT2D eigenvalue weighted by Gasteiger charge is 2.37. The summed E-state index contributed by atoms with van der Waals surface area (Å²) in [4.78, 5) is 0. The Balaban J connectivity index is 1.55. The zero-order chi connectivity index (χ0) is 35.0. The molecule has 1 nitrogen and oxygen atoms in total. The summed E-state index contributed by atoms with van der Waals surface area (Å²) in [5, 5.41) is 2.45. The third-order valence-corrected chi connectivity index (χ3v) is 8.89. The highest BCUT2D eigenvalue weighted by atomic mass is 16.3. The van der Waals surface area contributed by atoms with E-state index in [1.807, 2.05) is 60.7 Å². The summed E-state index contributed by atoms with van der Waals surface area (Å²) in [6.07, 6.45) is 0. The first-order chi connectivity index (χ1) is 23.9. The second-order valence-corrected chi connectivity index (χ2v) is 11.5. The molecule has 1 heteroatoms. The van der Waals surface area contributed by atoms with Crippen molar-refractivity contribution in [1.82, 2.24) is 0 Å². The van der Waals surface area contributed by atoms with E-state index in [9.17, 15) is 5.48 Å². The van der Waals surface area contributed by atoms with E-state index in [0.29, 0.717) is 33.4 Å². The zero-order valence-electron chi connectivity index (χ0n) is 31.0. The van der Waals surface area contributed by atoms with Crippen LogP contribution in [0.15, 0.2) is 138 Å². The monoisotopic (exact) mass is 544 g/mol. The molecule has 7 aromatic carbocycles. The molecular formula is C41H28O. The summed E-state index contributed by atoms with van der Waals surface area (Å²) in [7, 11) is 0. The third kappa shape index (κ3) is 3.08. The van der Waals surface area contributed by atoms with Crippen molar-refractivity contribution >= 4 is 43.5 Å². The average molecular weight is 545 g/mol. The van der Waals surface area contributed by atoms with Crippen LogP contribution in [-0.2, 0) is 5.41 Å². The van der Waals surface area contributed by atoms with Crippen molar-refractivity contribution in [3.63, 3.8) is 0 Å². The van der Waals surface area contributed by atoms with Crippen molar-refractivity contribution in [3.05, 3.63) is 144 Å². The fourth-order valence-electron chi connectivity index (χ4n) is 7.12. The van der Waals surface area contributed by atoms with Gasteiger partial charge in [0, 0.05) is 16.2 Å². The summed E-state index contributed by atoms with van der Waals surface area (Å²) < 4.78 is 78.9. The van der Waals surface area contributed by atoms with E-state index >= 15 is 0 Å². The van der Waals surface area contributed by atoms with Gasteiger partial charge in [0.05, 0.1) is 11.0 Å². The number of rotatable bonds is 2. The molecule has 0 fully saturated rings. The van der Waals surface area contributed by atoms with Gasteiger partial charge in [0.15, 0.2) is 0 Å². The number of furan rings is 1. The van der Waals surface area contributed by atoms with E-state index in [2.05, 4.69) is 26.0 Å². The molecule has 0 saturated carbocycles. The molecule has 0 N–H and O–H groups in total. The summed E-state index contributed by atoms with van der Waals surface area (Å²) in [5.41, 5.74) is 6.77. The van der Waals surface area contributed by atoms with Gasteiger partial charge in [0.25, 0.3) is 0 Å². The van der Waals surface area contributed by atoms with Crippen LogP contribution in [0.2, 0.25) is 0 Å². The van der Waals surface area contributed by atoms with Crippen LogP contribution in [0.1, 0.15) is 35.9 Å². The molecule has 0 amide bonds. The van der Waals surface area contributed by atoms with Crippen LogP contribution in [0.25, 0.3) is 76.9 Å². The summed E-state index contributed by atoms with van der Waals surface area (Å²) in [6, 6.07) is 24.3. The molecular weight excluding hydrogens is 508 g/mol. The molecule has 1 heterocycles. The number of para-hydroxylation sites is 1. The second-order valence-electron chi connectivity index (χ2n) is 11.5. The molecule has 42 heavy (non-hydrogen) atoms. The molecule has 0 radical (unpaired) electrons. The Morgan fingerprint density at radius 1 is 0.524 bits per heavy atom. The Hall–Kier alpha value is -5.14. The molecule has 1 aromatic heterocycles. The van der Waals surface area contributed by atoms with Crippen molar-refractivity contribution in [3.8, 4) is 33.4 Å². The minimum absolute atomic E-state index is 0.196. The first kappa shape index (κ1) is 17.0. The van der Waals surface area contributed by atoms with Crippen LogP contribution in [0, 0.1) is 0 Å². The normalized spacial score (nSPS) is 16.3. The maximum Gasteiger partial charge on any atom is 0.135 e. The Morgan fingerprint density at radius 2 is 1.12 bits per heavy atom. The Morgan fingerprint density at radius 3 is 1.88 bits per heavy atom. The van der Waals surface area contributed by atoms with Crippen LogP contribution in [0.3, 0.4) is 0 Å². The Kier molecular flexibility index (Phi) is 3.41. The molecule has 198 valence electrons. The van der Waals surface area contributed by atoms with Crippen LogP contribution < -0.4 is 0 Å². The van der Waals surface area contributed by atoms with Crippen LogP contribution in [-0.4, -0.2) is 0 Å². The molecule has 0 atom stereocenters. The Bertz CT molecular complexity index is 2750. The summed E-state index contributed by atoms with van der Waals surface area (Å²) >= 11 is 0. The third-order valence-electron chi connectivity index (χ3n) is 8.89. The van der Waals surface area contributed by atoms with E-state index < -0.39 is 29.6 Å². The highest BCUT2D eigenvalue weighted by Crippen LogP contribution is 2.54. The van der Waals surface area contributed by atoms with Gasteiger partial charge in [-0.1, -0.05) is 129 Å². The van der Waals surface area contributed by atoms with Gasteiger partial charge in [0.2, 0.25) is 0 Å². The smallest absolute Gasteiger partial charge is 0.135 e. The van der Waals surface area contributed by atoms with Crippen LogP contribution in [0.5, 0.6) is 0 Å². The van der Waals surface area contributed by atoms with Crippen LogP contribution in [0.4, 0.5) is 0 Å². The first-order valence-corrected chi connectivity index (χ1v) is 14.0. The van der Waals surface area contributed by atoms with Gasteiger partial charge in [-0.15, -0.1) is 0 Å². The quantitative estimate of drug-likeness (QED) is 0.197. The predicted octanol–water partition coefficient (Wildman–Crippen LogP) is 11.5. The fraction of sp³-hybridized carbons (Fsp3) is 0.0732. The zero-order valence-corrected chi connectivity index (χ0v) is 23.0. The summed E-state index contributed by atoms with van der Waals surface area (Å²) in [6.45, 7) is 4.24. The van der Waals surface area contributed by atoms with Gasteiger partial charge >= 0.3 is 0 Å².